The molecule has 1 aliphatic carbocycles. The van der Waals surface area contributed by atoms with Crippen LogP contribution in [0.3, 0.4) is 0 Å². The Morgan fingerprint density at radius 3 is 2.48 bits per heavy atom. The monoisotopic (exact) mass is 449 g/mol. The molecule has 0 heterocycles. The highest BCUT2D eigenvalue weighted by atomic mass is 32.2. The summed E-state index contributed by atoms with van der Waals surface area (Å²) in [5, 5.41) is 12.3. The Morgan fingerprint density at radius 1 is 1.16 bits per heavy atom. The van der Waals surface area contributed by atoms with Crippen LogP contribution in [-0.4, -0.2) is 50.7 Å². The molecule has 0 spiro atoms. The van der Waals surface area contributed by atoms with Crippen molar-refractivity contribution in [3.63, 3.8) is 0 Å². The van der Waals surface area contributed by atoms with Gasteiger partial charge in [0.15, 0.2) is 21.3 Å². The molecule has 0 radical (unpaired) electrons. The van der Waals surface area contributed by atoms with E-state index < -0.39 is 15.4 Å². The molecule has 1 N–H and O–H groups in total. The number of hydrogen-bond acceptors (Lipinski definition) is 6. The van der Waals surface area contributed by atoms with E-state index in [-0.39, 0.29) is 17.2 Å². The number of sulfone groups is 1. The van der Waals surface area contributed by atoms with Crippen molar-refractivity contribution >= 4 is 9.84 Å². The molecule has 2 rings (SSSR count). The molecule has 7 heteroatoms. The van der Waals surface area contributed by atoms with E-state index in [1.807, 2.05) is 31.2 Å². The molecule has 1 unspecified atom stereocenters. The minimum absolute atomic E-state index is 0.159. The van der Waals surface area contributed by atoms with E-state index in [9.17, 15) is 13.6 Å². The van der Waals surface area contributed by atoms with E-state index in [1.165, 1.54) is 31.4 Å². The zero-order valence-electron chi connectivity index (χ0n) is 19.0. The van der Waals surface area contributed by atoms with E-state index >= 15 is 0 Å². The number of benzene rings is 1. The van der Waals surface area contributed by atoms with Crippen LogP contribution in [0.4, 0.5) is 0 Å². The van der Waals surface area contributed by atoms with Gasteiger partial charge in [-0.25, -0.2) is 8.42 Å². The van der Waals surface area contributed by atoms with Crippen molar-refractivity contribution < 1.29 is 23.1 Å². The highest BCUT2D eigenvalue weighted by Gasteiger charge is 2.39. The van der Waals surface area contributed by atoms with E-state index in [0.29, 0.717) is 24.3 Å². The van der Waals surface area contributed by atoms with Crippen LogP contribution in [0.5, 0.6) is 11.5 Å². The maximum absolute atomic E-state index is 13.4. The van der Waals surface area contributed by atoms with E-state index in [0.717, 1.165) is 24.8 Å². The van der Waals surface area contributed by atoms with Crippen molar-refractivity contribution in [2.24, 2.45) is 0 Å². The Labute approximate surface area is 186 Å². The number of allylic oxidation sites excluding steroid dienone is 5. The molecule has 172 valence electrons. The third-order valence-corrected chi connectivity index (χ3v) is 7.70. The van der Waals surface area contributed by atoms with Gasteiger partial charge in [0.05, 0.1) is 30.4 Å². The lowest BCUT2D eigenvalue weighted by molar-refractivity contribution is -0.162. The molecule has 0 amide bonds. The third kappa shape index (κ3) is 6.45. The number of unbranched alkanes of at least 4 members (excludes halogenated alkanes) is 1. The van der Waals surface area contributed by atoms with Crippen LogP contribution in [0.15, 0.2) is 59.0 Å². The lowest BCUT2D eigenvalue weighted by Gasteiger charge is -2.39. The molecule has 0 aliphatic heterocycles. The molecular formula is C24H35NO5S. The summed E-state index contributed by atoms with van der Waals surface area (Å²) in [5.74, 6) is 0.655. The summed E-state index contributed by atoms with van der Waals surface area (Å²) >= 11 is 0. The average Bonchev–Trinajstić information content (AvgIpc) is 2.80. The van der Waals surface area contributed by atoms with Crippen LogP contribution < -0.4 is 9.47 Å². The van der Waals surface area contributed by atoms with E-state index in [1.54, 1.807) is 6.07 Å². The molecule has 0 fully saturated rings. The Kier molecular flexibility index (Phi) is 9.34. The highest BCUT2D eigenvalue weighted by Crippen LogP contribution is 2.34. The summed E-state index contributed by atoms with van der Waals surface area (Å²) < 4.78 is 37.3. The van der Waals surface area contributed by atoms with E-state index in [2.05, 4.69) is 13.0 Å². The van der Waals surface area contributed by atoms with Crippen molar-refractivity contribution in [1.29, 1.82) is 0 Å². The molecule has 0 aromatic heterocycles. The van der Waals surface area contributed by atoms with Gasteiger partial charge in [-0.05, 0) is 37.0 Å². The van der Waals surface area contributed by atoms with Crippen LogP contribution >= 0.6 is 0 Å². The number of ether oxygens (including phenoxy) is 2. The van der Waals surface area contributed by atoms with Gasteiger partial charge in [0.2, 0.25) is 0 Å². The summed E-state index contributed by atoms with van der Waals surface area (Å²) in [6.07, 6.45) is 13.6. The molecule has 31 heavy (non-hydrogen) atoms. The van der Waals surface area contributed by atoms with Gasteiger partial charge in [0.1, 0.15) is 0 Å². The summed E-state index contributed by atoms with van der Waals surface area (Å²) in [6, 6.07) is 4.60. The van der Waals surface area contributed by atoms with Gasteiger partial charge in [-0.15, -0.1) is 0 Å². The van der Waals surface area contributed by atoms with Crippen LogP contribution in [0.1, 0.15) is 46.0 Å². The number of nitrogens with zero attached hydrogens (tertiary/aromatic N) is 1. The molecule has 1 atom stereocenters. The first kappa shape index (κ1) is 25.2. The molecule has 1 aromatic rings. The second kappa shape index (κ2) is 11.5. The van der Waals surface area contributed by atoms with Crippen LogP contribution in [0.2, 0.25) is 0 Å². The standard InChI is InChI=1S/C24H35NO5S/c1-5-7-16-24(6-2,25(26)17-15-20-11-9-8-10-12-20)19-31(27,28)21-13-14-22(29-3)23(18-21)30-4/h8-11,13-15,18,26H,5-7,12,16-17,19H2,1-4H3. The fourth-order valence-corrected chi connectivity index (χ4v) is 5.70. The van der Waals surface area contributed by atoms with Crippen molar-refractivity contribution in [1.82, 2.24) is 5.06 Å². The average molecular weight is 450 g/mol. The predicted molar refractivity (Wildman–Crippen MR) is 124 cm³/mol. The fourth-order valence-electron chi connectivity index (χ4n) is 3.77. The Hall–Kier alpha value is -2.09. The van der Waals surface area contributed by atoms with Gasteiger partial charge in [-0.2, -0.15) is 5.06 Å². The highest BCUT2D eigenvalue weighted by molar-refractivity contribution is 7.91. The van der Waals surface area contributed by atoms with Gasteiger partial charge in [-0.1, -0.05) is 57.1 Å². The molecule has 0 bridgehead atoms. The third-order valence-electron chi connectivity index (χ3n) is 5.81. The summed E-state index contributed by atoms with van der Waals surface area (Å²) in [6.45, 7) is 4.26. The number of hydrogen-bond donors (Lipinski definition) is 1. The van der Waals surface area contributed by atoms with Gasteiger partial charge in [-0.3, -0.25) is 0 Å². The van der Waals surface area contributed by atoms with Crippen molar-refractivity contribution in [2.45, 2.75) is 56.4 Å². The minimum atomic E-state index is -3.69. The van der Waals surface area contributed by atoms with Crippen molar-refractivity contribution in [3.05, 3.63) is 54.2 Å². The quantitative estimate of drug-likeness (QED) is 0.455. The fraction of sp³-hybridized carbons (Fsp3) is 0.500. The first-order valence-corrected chi connectivity index (χ1v) is 12.4. The van der Waals surface area contributed by atoms with Gasteiger partial charge in [0, 0.05) is 12.6 Å². The first-order chi connectivity index (χ1) is 14.8. The predicted octanol–water partition coefficient (Wildman–Crippen LogP) is 4.95. The number of hydroxylamine groups is 2. The largest absolute Gasteiger partial charge is 0.493 e. The topological polar surface area (TPSA) is 76.1 Å². The van der Waals surface area contributed by atoms with Crippen molar-refractivity contribution in [2.75, 3.05) is 26.5 Å². The lowest BCUT2D eigenvalue weighted by Crippen LogP contribution is -2.51. The molecule has 0 saturated carbocycles. The normalized spacial score (nSPS) is 17.2. The first-order valence-electron chi connectivity index (χ1n) is 10.8. The summed E-state index contributed by atoms with van der Waals surface area (Å²) in [4.78, 5) is 0.159. The van der Waals surface area contributed by atoms with E-state index in [4.69, 9.17) is 9.47 Å². The Bertz CT molecular complexity index is 920. The lowest BCUT2D eigenvalue weighted by atomic mass is 9.91. The minimum Gasteiger partial charge on any atom is -0.493 e. The Morgan fingerprint density at radius 2 is 1.90 bits per heavy atom. The van der Waals surface area contributed by atoms with Gasteiger partial charge >= 0.3 is 0 Å². The molecule has 0 saturated heterocycles. The summed E-state index contributed by atoms with van der Waals surface area (Å²) in [5.41, 5.74) is 0.220. The molecule has 6 nitrogen and oxygen atoms in total. The molecule has 1 aliphatic rings. The zero-order valence-corrected chi connectivity index (χ0v) is 19.8. The van der Waals surface area contributed by atoms with Crippen LogP contribution in [0.25, 0.3) is 0 Å². The molecular weight excluding hydrogens is 414 g/mol. The zero-order chi connectivity index (χ0) is 22.9. The van der Waals surface area contributed by atoms with Crippen LogP contribution in [-0.2, 0) is 9.84 Å². The van der Waals surface area contributed by atoms with Crippen molar-refractivity contribution in [3.8, 4) is 11.5 Å². The van der Waals surface area contributed by atoms with Gasteiger partial charge in [0.25, 0.3) is 0 Å². The second-order valence-corrected chi connectivity index (χ2v) is 9.80. The maximum Gasteiger partial charge on any atom is 0.180 e. The maximum atomic E-state index is 13.4. The number of methoxy groups -OCH3 is 2. The molecule has 1 aromatic carbocycles. The number of rotatable bonds is 12. The Balaban J connectivity index is 2.33. The van der Waals surface area contributed by atoms with Crippen LogP contribution in [0, 0.1) is 0 Å². The smallest absolute Gasteiger partial charge is 0.180 e. The second-order valence-electron chi connectivity index (χ2n) is 7.81. The summed E-state index contributed by atoms with van der Waals surface area (Å²) in [7, 11) is -0.705. The SMILES string of the molecule is CCCCC(CC)(CS(=O)(=O)c1ccc(OC)c(OC)c1)N(O)CC=C1C=CC=CC1. The van der Waals surface area contributed by atoms with Gasteiger partial charge < -0.3 is 14.7 Å².